The van der Waals surface area contributed by atoms with Crippen molar-refractivity contribution in [1.82, 2.24) is 4.98 Å². The summed E-state index contributed by atoms with van der Waals surface area (Å²) in [6.07, 6.45) is 1.63. The Morgan fingerprint density at radius 2 is 2.38 bits per heavy atom. The summed E-state index contributed by atoms with van der Waals surface area (Å²) in [5, 5.41) is 0. The summed E-state index contributed by atoms with van der Waals surface area (Å²) >= 11 is 0. The number of esters is 1. The number of hydrogen-bond donors (Lipinski definition) is 1. The maximum Gasteiger partial charge on any atom is 0.317 e. The van der Waals surface area contributed by atoms with Gasteiger partial charge in [0.15, 0.2) is 0 Å². The Labute approximate surface area is 94.8 Å². The molecule has 4 nitrogen and oxygen atoms in total. The number of anilines is 1. The summed E-state index contributed by atoms with van der Waals surface area (Å²) in [5.41, 5.74) is 7.70. The standard InChI is InChI=1S/C12H14N2O2/c1-3-16-12(15)6-4-5-11-9(2)7-10(13)8-14-11/h7-8H,3,6,13H2,1-2H3. The van der Waals surface area contributed by atoms with E-state index in [0.29, 0.717) is 18.0 Å². The van der Waals surface area contributed by atoms with Crippen LogP contribution in [0.2, 0.25) is 0 Å². The summed E-state index contributed by atoms with van der Waals surface area (Å²) in [4.78, 5) is 15.1. The Morgan fingerprint density at radius 1 is 1.62 bits per heavy atom. The number of rotatable bonds is 2. The number of carbonyl (C=O) groups excluding carboxylic acids is 1. The zero-order valence-electron chi connectivity index (χ0n) is 9.41. The number of ether oxygens (including phenoxy) is 1. The van der Waals surface area contributed by atoms with Gasteiger partial charge in [0.2, 0.25) is 0 Å². The van der Waals surface area contributed by atoms with Gasteiger partial charge in [0.1, 0.15) is 12.1 Å². The molecule has 0 saturated heterocycles. The fourth-order valence-corrected chi connectivity index (χ4v) is 1.14. The minimum atomic E-state index is -0.317. The summed E-state index contributed by atoms with van der Waals surface area (Å²) < 4.78 is 4.75. The second-order valence-electron chi connectivity index (χ2n) is 3.22. The van der Waals surface area contributed by atoms with Crippen LogP contribution in [0.3, 0.4) is 0 Å². The van der Waals surface area contributed by atoms with E-state index in [0.717, 1.165) is 5.56 Å². The molecule has 16 heavy (non-hydrogen) atoms. The third-order valence-electron chi connectivity index (χ3n) is 1.84. The van der Waals surface area contributed by atoms with Crippen molar-refractivity contribution in [3.63, 3.8) is 0 Å². The number of aromatic nitrogens is 1. The molecule has 84 valence electrons. The predicted molar refractivity (Wildman–Crippen MR) is 61.5 cm³/mol. The van der Waals surface area contributed by atoms with Gasteiger partial charge < -0.3 is 10.5 Å². The maximum atomic E-state index is 11.0. The fraction of sp³-hybridized carbons (Fsp3) is 0.333. The molecule has 1 aromatic heterocycles. The van der Waals surface area contributed by atoms with Crippen LogP contribution in [0.25, 0.3) is 0 Å². The van der Waals surface area contributed by atoms with Gasteiger partial charge >= 0.3 is 5.97 Å². The van der Waals surface area contributed by atoms with E-state index in [9.17, 15) is 4.79 Å². The number of nitrogens with two attached hydrogens (primary N) is 1. The topological polar surface area (TPSA) is 65.2 Å². The molecule has 0 aromatic carbocycles. The number of hydrogen-bond acceptors (Lipinski definition) is 4. The molecule has 1 rings (SSSR count). The van der Waals surface area contributed by atoms with E-state index < -0.39 is 0 Å². The van der Waals surface area contributed by atoms with Gasteiger partial charge in [-0.05, 0) is 31.4 Å². The lowest BCUT2D eigenvalue weighted by Crippen LogP contribution is -2.01. The minimum absolute atomic E-state index is 0.0827. The average Bonchev–Trinajstić information content (AvgIpc) is 2.22. The Hall–Kier alpha value is -2.02. The largest absolute Gasteiger partial charge is 0.465 e. The molecule has 0 fully saturated rings. The van der Waals surface area contributed by atoms with E-state index >= 15 is 0 Å². The van der Waals surface area contributed by atoms with E-state index in [1.807, 2.05) is 6.92 Å². The molecular formula is C12H14N2O2. The van der Waals surface area contributed by atoms with Gasteiger partial charge in [-0.15, -0.1) is 0 Å². The van der Waals surface area contributed by atoms with Crippen molar-refractivity contribution in [2.24, 2.45) is 0 Å². The van der Waals surface area contributed by atoms with Crippen LogP contribution in [0, 0.1) is 18.8 Å². The van der Waals surface area contributed by atoms with Crippen LogP contribution in [0.15, 0.2) is 12.3 Å². The van der Waals surface area contributed by atoms with Crippen molar-refractivity contribution in [3.05, 3.63) is 23.5 Å². The Kier molecular flexibility index (Phi) is 4.34. The third-order valence-corrected chi connectivity index (χ3v) is 1.84. The monoisotopic (exact) mass is 218 g/mol. The van der Waals surface area contributed by atoms with Crippen LogP contribution in [0.5, 0.6) is 0 Å². The van der Waals surface area contributed by atoms with Gasteiger partial charge in [-0.2, -0.15) is 0 Å². The molecule has 0 unspecified atom stereocenters. The smallest absolute Gasteiger partial charge is 0.317 e. The Morgan fingerprint density at radius 3 is 3.00 bits per heavy atom. The first kappa shape index (κ1) is 12.1. The minimum Gasteiger partial charge on any atom is -0.465 e. The molecule has 0 aliphatic rings. The van der Waals surface area contributed by atoms with Crippen molar-refractivity contribution in [2.75, 3.05) is 12.3 Å². The highest BCUT2D eigenvalue weighted by atomic mass is 16.5. The van der Waals surface area contributed by atoms with Gasteiger partial charge in [-0.1, -0.05) is 5.92 Å². The molecule has 0 amide bonds. The number of nitrogens with zero attached hydrogens (tertiary/aromatic N) is 1. The van der Waals surface area contributed by atoms with Gasteiger partial charge in [-0.25, -0.2) is 4.98 Å². The molecule has 0 bridgehead atoms. The van der Waals surface area contributed by atoms with Gasteiger partial charge in [0.25, 0.3) is 0 Å². The molecule has 4 heteroatoms. The molecule has 0 spiro atoms. The molecule has 0 atom stereocenters. The lowest BCUT2D eigenvalue weighted by atomic mass is 10.2. The molecule has 1 heterocycles. The van der Waals surface area contributed by atoms with Crippen molar-refractivity contribution in [3.8, 4) is 11.8 Å². The first-order chi connectivity index (χ1) is 7.63. The quantitative estimate of drug-likeness (QED) is 0.599. The second-order valence-corrected chi connectivity index (χ2v) is 3.22. The van der Waals surface area contributed by atoms with Crippen molar-refractivity contribution in [1.29, 1.82) is 0 Å². The lowest BCUT2D eigenvalue weighted by Gasteiger charge is -1.98. The van der Waals surface area contributed by atoms with Crippen molar-refractivity contribution >= 4 is 11.7 Å². The number of carbonyl (C=O) groups is 1. The van der Waals surface area contributed by atoms with Crippen LogP contribution in [-0.4, -0.2) is 17.6 Å². The van der Waals surface area contributed by atoms with E-state index in [1.54, 1.807) is 19.2 Å². The zero-order chi connectivity index (χ0) is 12.0. The van der Waals surface area contributed by atoms with Crippen LogP contribution in [0.4, 0.5) is 5.69 Å². The average molecular weight is 218 g/mol. The highest BCUT2D eigenvalue weighted by Gasteiger charge is 1.98. The summed E-state index contributed by atoms with van der Waals surface area (Å²) in [6.45, 7) is 4.01. The number of nitrogen functional groups attached to an aromatic ring is 1. The SMILES string of the molecule is CCOC(=O)CC#Cc1ncc(N)cc1C. The lowest BCUT2D eigenvalue weighted by molar-refractivity contribution is -0.141. The van der Waals surface area contributed by atoms with Crippen LogP contribution < -0.4 is 5.73 Å². The number of pyridine rings is 1. The van der Waals surface area contributed by atoms with Gasteiger partial charge in [0.05, 0.1) is 18.5 Å². The van der Waals surface area contributed by atoms with E-state index in [1.165, 1.54) is 0 Å². The van der Waals surface area contributed by atoms with E-state index in [2.05, 4.69) is 16.8 Å². The molecule has 0 aliphatic heterocycles. The first-order valence-corrected chi connectivity index (χ1v) is 5.00. The molecular weight excluding hydrogens is 204 g/mol. The van der Waals surface area contributed by atoms with Gasteiger partial charge in [-0.3, -0.25) is 4.79 Å². The summed E-state index contributed by atoms with van der Waals surface area (Å²) in [7, 11) is 0. The zero-order valence-corrected chi connectivity index (χ0v) is 9.41. The molecule has 0 aliphatic carbocycles. The third kappa shape index (κ3) is 3.62. The van der Waals surface area contributed by atoms with E-state index in [4.69, 9.17) is 10.5 Å². The predicted octanol–water partition coefficient (Wildman–Crippen LogP) is 1.28. The van der Waals surface area contributed by atoms with Gasteiger partial charge in [0, 0.05) is 0 Å². The first-order valence-electron chi connectivity index (χ1n) is 5.00. The Bertz CT molecular complexity index is 444. The number of aryl methyl sites for hydroxylation is 1. The Balaban J connectivity index is 2.66. The highest BCUT2D eigenvalue weighted by molar-refractivity contribution is 5.72. The van der Waals surface area contributed by atoms with Crippen LogP contribution in [0.1, 0.15) is 24.6 Å². The van der Waals surface area contributed by atoms with Crippen molar-refractivity contribution in [2.45, 2.75) is 20.3 Å². The summed E-state index contributed by atoms with van der Waals surface area (Å²) in [5.74, 6) is 5.21. The second kappa shape index (κ2) is 5.76. The van der Waals surface area contributed by atoms with Crippen LogP contribution in [-0.2, 0) is 9.53 Å². The van der Waals surface area contributed by atoms with Crippen molar-refractivity contribution < 1.29 is 9.53 Å². The molecule has 1 aromatic rings. The summed E-state index contributed by atoms with van der Waals surface area (Å²) in [6, 6.07) is 1.79. The van der Waals surface area contributed by atoms with Crippen LogP contribution >= 0.6 is 0 Å². The highest BCUT2D eigenvalue weighted by Crippen LogP contribution is 2.07. The molecule has 0 radical (unpaired) electrons. The molecule has 2 N–H and O–H groups in total. The van der Waals surface area contributed by atoms with E-state index in [-0.39, 0.29) is 12.4 Å². The molecule has 0 saturated carbocycles. The maximum absolute atomic E-state index is 11.0. The fourth-order valence-electron chi connectivity index (χ4n) is 1.14. The normalized spacial score (nSPS) is 9.12.